The molecule has 23 heavy (non-hydrogen) atoms. The molecule has 0 aliphatic carbocycles. The lowest BCUT2D eigenvalue weighted by molar-refractivity contribution is -0.114. The highest BCUT2D eigenvalue weighted by Gasteiger charge is 2.14. The highest BCUT2D eigenvalue weighted by atomic mass is 16.3. The van der Waals surface area contributed by atoms with E-state index in [-0.39, 0.29) is 11.7 Å². The largest absolute Gasteiger partial charge is 0.508 e. The Balaban J connectivity index is 1.84. The number of aromatic nitrogens is 1. The van der Waals surface area contributed by atoms with Crippen molar-refractivity contribution in [1.82, 2.24) is 4.98 Å². The van der Waals surface area contributed by atoms with Crippen molar-refractivity contribution < 1.29 is 9.90 Å². The third-order valence-electron chi connectivity index (χ3n) is 3.86. The molecular formula is C19H18N2O2. The minimum atomic E-state index is -0.126. The van der Waals surface area contributed by atoms with Gasteiger partial charge in [0.1, 0.15) is 5.75 Å². The van der Waals surface area contributed by atoms with Gasteiger partial charge in [0.15, 0.2) is 0 Å². The van der Waals surface area contributed by atoms with Gasteiger partial charge in [-0.1, -0.05) is 24.8 Å². The second-order valence-electron chi connectivity index (χ2n) is 5.32. The lowest BCUT2D eigenvalue weighted by Crippen LogP contribution is -2.31. The molecule has 0 unspecified atom stereocenters. The SMILES string of the molecule is C=CC(=O)N(CCc1c[nH]c2ccc(O)cc12)c1ccccc1. The molecule has 0 aliphatic heterocycles. The number of hydrogen-bond donors (Lipinski definition) is 2. The van der Waals surface area contributed by atoms with Crippen LogP contribution in [-0.4, -0.2) is 22.5 Å². The van der Waals surface area contributed by atoms with Crippen LogP contribution in [0.15, 0.2) is 67.4 Å². The number of phenols is 1. The van der Waals surface area contributed by atoms with E-state index in [4.69, 9.17) is 0 Å². The summed E-state index contributed by atoms with van der Waals surface area (Å²) in [6.45, 7) is 4.12. The number of aromatic amines is 1. The number of anilines is 1. The number of nitrogens with one attached hydrogen (secondary N) is 1. The third kappa shape index (κ3) is 3.11. The second kappa shape index (κ2) is 6.40. The van der Waals surface area contributed by atoms with Crippen LogP contribution in [0.5, 0.6) is 5.75 Å². The number of rotatable bonds is 5. The number of para-hydroxylation sites is 1. The van der Waals surface area contributed by atoms with Crippen molar-refractivity contribution in [3.63, 3.8) is 0 Å². The molecule has 1 heterocycles. The van der Waals surface area contributed by atoms with Crippen LogP contribution in [0.2, 0.25) is 0 Å². The van der Waals surface area contributed by atoms with Crippen LogP contribution in [0.4, 0.5) is 5.69 Å². The van der Waals surface area contributed by atoms with E-state index in [2.05, 4.69) is 11.6 Å². The Kier molecular flexibility index (Phi) is 4.15. The standard InChI is InChI=1S/C19H18N2O2/c1-2-19(23)21(15-6-4-3-5-7-15)11-10-14-13-20-18-9-8-16(22)12-17(14)18/h2-9,12-13,20,22H,1,10-11H2. The maximum absolute atomic E-state index is 12.1. The van der Waals surface area contributed by atoms with Gasteiger partial charge >= 0.3 is 0 Å². The predicted octanol–water partition coefficient (Wildman–Crippen LogP) is 3.64. The second-order valence-corrected chi connectivity index (χ2v) is 5.32. The van der Waals surface area contributed by atoms with Gasteiger partial charge in [-0.3, -0.25) is 4.79 Å². The van der Waals surface area contributed by atoms with Crippen molar-refractivity contribution in [2.24, 2.45) is 0 Å². The van der Waals surface area contributed by atoms with E-state index in [9.17, 15) is 9.90 Å². The number of hydrogen-bond acceptors (Lipinski definition) is 2. The summed E-state index contributed by atoms with van der Waals surface area (Å²) in [7, 11) is 0. The number of H-pyrrole nitrogens is 1. The molecule has 0 bridgehead atoms. The summed E-state index contributed by atoms with van der Waals surface area (Å²) in [5.74, 6) is 0.110. The van der Waals surface area contributed by atoms with Gasteiger partial charge < -0.3 is 15.0 Å². The Hall–Kier alpha value is -3.01. The fourth-order valence-electron chi connectivity index (χ4n) is 2.69. The first-order valence-corrected chi connectivity index (χ1v) is 7.47. The molecule has 3 aromatic rings. The molecule has 0 atom stereocenters. The summed E-state index contributed by atoms with van der Waals surface area (Å²) < 4.78 is 0. The van der Waals surface area contributed by atoms with E-state index < -0.39 is 0 Å². The quantitative estimate of drug-likeness (QED) is 0.707. The molecule has 116 valence electrons. The lowest BCUT2D eigenvalue weighted by atomic mass is 10.1. The average molecular weight is 306 g/mol. The van der Waals surface area contributed by atoms with Crippen molar-refractivity contribution >= 4 is 22.5 Å². The first-order chi connectivity index (χ1) is 11.2. The van der Waals surface area contributed by atoms with Gasteiger partial charge in [0.2, 0.25) is 5.91 Å². The van der Waals surface area contributed by atoms with E-state index in [1.165, 1.54) is 6.08 Å². The van der Waals surface area contributed by atoms with Crippen LogP contribution in [0.25, 0.3) is 10.9 Å². The van der Waals surface area contributed by atoms with Crippen molar-refractivity contribution in [2.45, 2.75) is 6.42 Å². The van der Waals surface area contributed by atoms with E-state index in [0.717, 1.165) is 22.2 Å². The minimum absolute atomic E-state index is 0.126. The van der Waals surface area contributed by atoms with Gasteiger partial charge in [0.05, 0.1) is 0 Å². The molecule has 0 aliphatic rings. The number of amides is 1. The monoisotopic (exact) mass is 306 g/mol. The van der Waals surface area contributed by atoms with Gasteiger partial charge in [-0.05, 0) is 48.4 Å². The smallest absolute Gasteiger partial charge is 0.250 e. The molecule has 4 nitrogen and oxygen atoms in total. The van der Waals surface area contributed by atoms with Crippen LogP contribution in [0.1, 0.15) is 5.56 Å². The van der Waals surface area contributed by atoms with Gasteiger partial charge in [-0.15, -0.1) is 0 Å². The number of benzene rings is 2. The Labute approximate surface area is 134 Å². The topological polar surface area (TPSA) is 56.3 Å². The normalized spacial score (nSPS) is 10.6. The van der Waals surface area contributed by atoms with E-state index in [0.29, 0.717) is 13.0 Å². The Bertz CT molecular complexity index is 837. The molecular weight excluding hydrogens is 288 g/mol. The van der Waals surface area contributed by atoms with E-state index in [1.54, 1.807) is 17.0 Å². The lowest BCUT2D eigenvalue weighted by Gasteiger charge is -2.21. The molecule has 0 radical (unpaired) electrons. The summed E-state index contributed by atoms with van der Waals surface area (Å²) in [5, 5.41) is 10.6. The molecule has 2 N–H and O–H groups in total. The zero-order valence-corrected chi connectivity index (χ0v) is 12.7. The molecule has 3 rings (SSSR count). The molecule has 2 aromatic carbocycles. The molecule has 1 aromatic heterocycles. The van der Waals surface area contributed by atoms with Crippen LogP contribution < -0.4 is 4.90 Å². The fourth-order valence-corrected chi connectivity index (χ4v) is 2.69. The van der Waals surface area contributed by atoms with Gasteiger partial charge in [-0.25, -0.2) is 0 Å². The van der Waals surface area contributed by atoms with Crippen molar-refractivity contribution in [3.05, 3.63) is 72.9 Å². The van der Waals surface area contributed by atoms with Crippen molar-refractivity contribution in [1.29, 1.82) is 0 Å². The maximum atomic E-state index is 12.1. The molecule has 0 saturated heterocycles. The van der Waals surface area contributed by atoms with Crippen LogP contribution >= 0.6 is 0 Å². The van der Waals surface area contributed by atoms with Gasteiger partial charge in [0, 0.05) is 29.3 Å². The Morgan fingerprint density at radius 2 is 2.00 bits per heavy atom. The van der Waals surface area contributed by atoms with Crippen molar-refractivity contribution in [2.75, 3.05) is 11.4 Å². The summed E-state index contributed by atoms with van der Waals surface area (Å²) in [4.78, 5) is 17.0. The number of fused-ring (bicyclic) bond motifs is 1. The number of aromatic hydroxyl groups is 1. The maximum Gasteiger partial charge on any atom is 0.250 e. The molecule has 4 heteroatoms. The summed E-state index contributed by atoms with van der Waals surface area (Å²) in [6.07, 6.45) is 3.93. The zero-order valence-electron chi connectivity index (χ0n) is 12.7. The summed E-state index contributed by atoms with van der Waals surface area (Å²) in [5.41, 5.74) is 2.88. The molecule has 0 saturated carbocycles. The fraction of sp³-hybridized carbons (Fsp3) is 0.105. The predicted molar refractivity (Wildman–Crippen MR) is 92.7 cm³/mol. The van der Waals surface area contributed by atoms with Crippen LogP contribution in [-0.2, 0) is 11.2 Å². The van der Waals surface area contributed by atoms with E-state index in [1.807, 2.05) is 42.6 Å². The first-order valence-electron chi connectivity index (χ1n) is 7.47. The average Bonchev–Trinajstić information content (AvgIpc) is 2.98. The number of carbonyl (C=O) groups excluding carboxylic acids is 1. The first kappa shape index (κ1) is 14.9. The number of phenolic OH excluding ortho intramolecular Hbond substituents is 1. The number of carbonyl (C=O) groups is 1. The highest BCUT2D eigenvalue weighted by molar-refractivity contribution is 6.01. The molecule has 0 spiro atoms. The molecule has 1 amide bonds. The van der Waals surface area contributed by atoms with Crippen LogP contribution in [0.3, 0.4) is 0 Å². The summed E-state index contributed by atoms with van der Waals surface area (Å²) in [6, 6.07) is 14.8. The number of nitrogens with zero attached hydrogens (tertiary/aromatic N) is 1. The Morgan fingerprint density at radius 3 is 2.74 bits per heavy atom. The third-order valence-corrected chi connectivity index (χ3v) is 3.86. The van der Waals surface area contributed by atoms with Gasteiger partial charge in [-0.2, -0.15) is 0 Å². The van der Waals surface area contributed by atoms with Crippen molar-refractivity contribution in [3.8, 4) is 5.75 Å². The Morgan fingerprint density at radius 1 is 1.22 bits per heavy atom. The summed E-state index contributed by atoms with van der Waals surface area (Å²) >= 11 is 0. The highest BCUT2D eigenvalue weighted by Crippen LogP contribution is 2.24. The zero-order chi connectivity index (χ0) is 16.2. The minimum Gasteiger partial charge on any atom is -0.508 e. The van der Waals surface area contributed by atoms with E-state index >= 15 is 0 Å². The van der Waals surface area contributed by atoms with Gasteiger partial charge in [0.25, 0.3) is 0 Å². The van der Waals surface area contributed by atoms with Crippen LogP contribution in [0, 0.1) is 0 Å². The molecule has 0 fully saturated rings.